The van der Waals surface area contributed by atoms with Crippen LogP contribution in [-0.4, -0.2) is 45.0 Å². The maximum absolute atomic E-state index is 13.5. The topological polar surface area (TPSA) is 24.3 Å². The average Bonchev–Trinajstić information content (AvgIpc) is 2.93. The van der Waals surface area contributed by atoms with E-state index >= 15 is 0 Å². The number of hydrogen-bond acceptors (Lipinski definition) is 3. The Morgan fingerprint density at radius 1 is 0.933 bits per heavy atom. The minimum atomic E-state index is -0.122. The minimum Gasteiger partial charge on any atom is -0.327 e. The van der Waals surface area contributed by atoms with Gasteiger partial charge in [-0.05, 0) is 60.2 Å². The number of nitrogens with zero attached hydrogens (tertiary/aromatic N) is 4. The number of benzene rings is 2. The quantitative estimate of drug-likeness (QED) is 0.656. The molecule has 0 N–H and O–H groups in total. The van der Waals surface area contributed by atoms with Crippen molar-refractivity contribution in [2.45, 2.75) is 57.8 Å². The van der Waals surface area contributed by atoms with Gasteiger partial charge in [-0.1, -0.05) is 18.6 Å². The summed E-state index contributed by atoms with van der Waals surface area (Å²) in [6, 6.07) is 12.9. The van der Waals surface area contributed by atoms with Crippen molar-refractivity contribution in [1.82, 2.24) is 19.4 Å². The average molecular weight is 405 g/mol. The zero-order valence-electron chi connectivity index (χ0n) is 17.5. The van der Waals surface area contributed by atoms with E-state index < -0.39 is 0 Å². The second-order valence-corrected chi connectivity index (χ2v) is 9.25. The fourth-order valence-electron chi connectivity index (χ4n) is 5.44. The van der Waals surface area contributed by atoms with Crippen molar-refractivity contribution in [2.24, 2.45) is 0 Å². The molecular weight excluding hydrogens is 375 g/mol. The molecule has 3 aromatic rings. The summed E-state index contributed by atoms with van der Waals surface area (Å²) in [4.78, 5) is 10.2. The Hall–Kier alpha value is -2.24. The first kappa shape index (κ1) is 18.5. The van der Waals surface area contributed by atoms with E-state index in [2.05, 4.69) is 32.6 Å². The molecule has 5 heteroatoms. The van der Waals surface area contributed by atoms with Crippen LogP contribution in [0.3, 0.4) is 0 Å². The summed E-state index contributed by atoms with van der Waals surface area (Å²) < 4.78 is 15.9. The van der Waals surface area contributed by atoms with Crippen LogP contribution in [0.2, 0.25) is 0 Å². The lowest BCUT2D eigenvalue weighted by Gasteiger charge is -2.36. The predicted molar refractivity (Wildman–Crippen MR) is 117 cm³/mol. The molecule has 156 valence electrons. The first-order valence-electron chi connectivity index (χ1n) is 11.4. The van der Waals surface area contributed by atoms with Gasteiger partial charge in [0, 0.05) is 51.7 Å². The van der Waals surface area contributed by atoms with E-state index in [4.69, 9.17) is 4.98 Å². The van der Waals surface area contributed by atoms with E-state index in [1.807, 2.05) is 6.07 Å². The summed E-state index contributed by atoms with van der Waals surface area (Å²) in [5, 5.41) is 0. The maximum atomic E-state index is 13.5. The molecule has 0 spiro atoms. The van der Waals surface area contributed by atoms with Crippen LogP contribution in [-0.2, 0) is 32.5 Å². The third-order valence-corrected chi connectivity index (χ3v) is 7.38. The smallest absolute Gasteiger partial charge is 0.123 e. The molecule has 6 rings (SSSR count). The molecule has 1 aliphatic carbocycles. The van der Waals surface area contributed by atoms with Gasteiger partial charge in [0.25, 0.3) is 0 Å². The molecule has 1 saturated carbocycles. The first-order chi connectivity index (χ1) is 14.7. The molecule has 0 bridgehead atoms. The van der Waals surface area contributed by atoms with Gasteiger partial charge in [-0.2, -0.15) is 0 Å². The van der Waals surface area contributed by atoms with Gasteiger partial charge in [0.1, 0.15) is 11.6 Å². The minimum absolute atomic E-state index is 0.122. The summed E-state index contributed by atoms with van der Waals surface area (Å²) >= 11 is 0. The highest BCUT2D eigenvalue weighted by molar-refractivity contribution is 5.77. The molecule has 3 aliphatic rings. The SMILES string of the molecule is Fc1ccc2c(c1)CCN(Cc1ccc3c(c1)nc1n3CCN(C3CCC3)CC1)C2. The lowest BCUT2D eigenvalue weighted by Crippen LogP contribution is -2.41. The number of imidazole rings is 1. The predicted octanol–water partition coefficient (Wildman–Crippen LogP) is 4.14. The van der Waals surface area contributed by atoms with Gasteiger partial charge in [-0.3, -0.25) is 9.80 Å². The van der Waals surface area contributed by atoms with Gasteiger partial charge in [0.05, 0.1) is 11.0 Å². The largest absolute Gasteiger partial charge is 0.327 e. The highest BCUT2D eigenvalue weighted by Gasteiger charge is 2.27. The van der Waals surface area contributed by atoms with Gasteiger partial charge < -0.3 is 4.57 Å². The molecule has 1 fully saturated rings. The third-order valence-electron chi connectivity index (χ3n) is 7.38. The van der Waals surface area contributed by atoms with E-state index in [0.29, 0.717) is 0 Å². The Kier molecular flexibility index (Phi) is 4.61. The second-order valence-electron chi connectivity index (χ2n) is 9.25. The van der Waals surface area contributed by atoms with Crippen molar-refractivity contribution < 1.29 is 4.39 Å². The van der Waals surface area contributed by atoms with Crippen LogP contribution in [0.15, 0.2) is 36.4 Å². The summed E-state index contributed by atoms with van der Waals surface area (Å²) in [5.74, 6) is 1.13. The van der Waals surface area contributed by atoms with Crippen LogP contribution >= 0.6 is 0 Å². The van der Waals surface area contributed by atoms with Gasteiger partial charge in [0.2, 0.25) is 0 Å². The van der Waals surface area contributed by atoms with Crippen LogP contribution in [0.4, 0.5) is 4.39 Å². The molecule has 1 aromatic heterocycles. The highest BCUT2D eigenvalue weighted by Crippen LogP contribution is 2.28. The van der Waals surface area contributed by atoms with Gasteiger partial charge >= 0.3 is 0 Å². The van der Waals surface area contributed by atoms with Crippen LogP contribution in [0.5, 0.6) is 0 Å². The lowest BCUT2D eigenvalue weighted by atomic mass is 9.91. The van der Waals surface area contributed by atoms with E-state index in [-0.39, 0.29) is 5.82 Å². The lowest BCUT2D eigenvalue weighted by molar-refractivity contribution is 0.130. The molecule has 30 heavy (non-hydrogen) atoms. The van der Waals surface area contributed by atoms with E-state index in [1.54, 1.807) is 12.1 Å². The maximum Gasteiger partial charge on any atom is 0.123 e. The molecule has 0 saturated heterocycles. The molecule has 4 nitrogen and oxygen atoms in total. The van der Waals surface area contributed by atoms with Crippen molar-refractivity contribution in [2.75, 3.05) is 19.6 Å². The third kappa shape index (κ3) is 3.34. The van der Waals surface area contributed by atoms with Crippen LogP contribution in [0, 0.1) is 5.82 Å². The molecule has 0 atom stereocenters. The molecule has 0 radical (unpaired) electrons. The van der Waals surface area contributed by atoms with Gasteiger partial charge in [0.15, 0.2) is 0 Å². The zero-order valence-corrected chi connectivity index (χ0v) is 17.5. The van der Waals surface area contributed by atoms with E-state index in [9.17, 15) is 4.39 Å². The van der Waals surface area contributed by atoms with Crippen LogP contribution < -0.4 is 0 Å². The Labute approximate surface area is 177 Å². The highest BCUT2D eigenvalue weighted by atomic mass is 19.1. The van der Waals surface area contributed by atoms with Crippen molar-refractivity contribution >= 4 is 11.0 Å². The van der Waals surface area contributed by atoms with Crippen molar-refractivity contribution in [1.29, 1.82) is 0 Å². The molecular formula is C25H29FN4. The normalized spacial score (nSPS) is 20.6. The number of fused-ring (bicyclic) bond motifs is 4. The Morgan fingerprint density at radius 3 is 2.73 bits per heavy atom. The zero-order chi connectivity index (χ0) is 20.1. The molecule has 2 aromatic carbocycles. The standard InChI is InChI=1S/C25H29FN4/c26-21-6-5-20-17-28(10-8-19(20)15-21)16-18-4-7-24-23(14-18)27-25-9-11-29(12-13-30(24)25)22-2-1-3-22/h4-7,14-15,22H,1-3,8-13,16-17H2. The van der Waals surface area contributed by atoms with Gasteiger partial charge in [-0.25, -0.2) is 9.37 Å². The van der Waals surface area contributed by atoms with Crippen molar-refractivity contribution in [3.63, 3.8) is 0 Å². The molecule has 2 aliphatic heterocycles. The number of halogens is 1. The Balaban J connectivity index is 1.18. The van der Waals surface area contributed by atoms with E-state index in [0.717, 1.165) is 69.2 Å². The molecule has 3 heterocycles. The van der Waals surface area contributed by atoms with Crippen molar-refractivity contribution in [3.8, 4) is 0 Å². The fourth-order valence-corrected chi connectivity index (χ4v) is 5.44. The summed E-state index contributed by atoms with van der Waals surface area (Å²) in [6.07, 6.45) is 6.13. The Morgan fingerprint density at radius 2 is 1.87 bits per heavy atom. The summed E-state index contributed by atoms with van der Waals surface area (Å²) in [7, 11) is 0. The Bertz CT molecular complexity index is 1080. The number of rotatable bonds is 3. The fraction of sp³-hybridized carbons (Fsp3) is 0.480. The first-order valence-corrected chi connectivity index (χ1v) is 11.4. The number of hydrogen-bond donors (Lipinski definition) is 0. The van der Waals surface area contributed by atoms with Gasteiger partial charge in [-0.15, -0.1) is 0 Å². The summed E-state index contributed by atoms with van der Waals surface area (Å²) in [5.41, 5.74) is 6.16. The van der Waals surface area contributed by atoms with Crippen LogP contribution in [0.1, 0.15) is 41.8 Å². The summed E-state index contributed by atoms with van der Waals surface area (Å²) in [6.45, 7) is 6.15. The molecule has 0 unspecified atom stereocenters. The number of aromatic nitrogens is 2. The van der Waals surface area contributed by atoms with Crippen molar-refractivity contribution in [3.05, 3.63) is 64.7 Å². The second kappa shape index (κ2) is 7.47. The van der Waals surface area contributed by atoms with E-state index in [1.165, 1.54) is 41.7 Å². The monoisotopic (exact) mass is 404 g/mol. The molecule has 0 amide bonds. The van der Waals surface area contributed by atoms with Crippen LogP contribution in [0.25, 0.3) is 11.0 Å².